The number of epoxide rings is 1. The van der Waals surface area contributed by atoms with Crippen LogP contribution in [0.15, 0.2) is 0 Å². The monoisotopic (exact) mass is 305 g/mol. The number of alkyl carbamates (subject to hydrolysis) is 1. The largest absolute Gasteiger partial charge is 0.450 e. The van der Waals surface area contributed by atoms with Gasteiger partial charge in [0.2, 0.25) is 0 Å². The highest BCUT2D eigenvalue weighted by Crippen LogP contribution is 2.54. The first-order valence-electron chi connectivity index (χ1n) is 6.86. The number of hydrogen-bond donors (Lipinski definition) is 1. The van der Waals surface area contributed by atoms with Crippen molar-refractivity contribution in [2.24, 2.45) is 11.8 Å². The minimum Gasteiger partial charge on any atom is -0.450 e. The molecule has 1 heterocycles. The summed E-state index contributed by atoms with van der Waals surface area (Å²) >= 11 is 0. The molecule has 3 rings (SSSR count). The van der Waals surface area contributed by atoms with E-state index >= 15 is 0 Å². The summed E-state index contributed by atoms with van der Waals surface area (Å²) in [4.78, 5) is 11.6. The predicted octanol–water partition coefficient (Wildman–Crippen LogP) is 0.253. The highest BCUT2D eigenvalue weighted by molar-refractivity contribution is 7.86. The summed E-state index contributed by atoms with van der Waals surface area (Å²) in [6, 6.07) is -0.00258. The molecule has 0 aromatic rings. The molecule has 0 spiro atoms. The van der Waals surface area contributed by atoms with Crippen LogP contribution in [0.3, 0.4) is 0 Å². The van der Waals surface area contributed by atoms with E-state index in [0.717, 1.165) is 6.26 Å². The van der Waals surface area contributed by atoms with Crippen molar-refractivity contribution in [1.82, 2.24) is 5.32 Å². The lowest BCUT2D eigenvalue weighted by Gasteiger charge is -2.36. The molecule has 8 heteroatoms. The summed E-state index contributed by atoms with van der Waals surface area (Å²) in [5.41, 5.74) is 0. The van der Waals surface area contributed by atoms with E-state index in [0.29, 0.717) is 19.4 Å². The van der Waals surface area contributed by atoms with E-state index in [4.69, 9.17) is 13.7 Å². The number of carbonyl (C=O) groups is 1. The number of hydrogen-bond acceptors (Lipinski definition) is 6. The Bertz CT molecular complexity index is 488. The summed E-state index contributed by atoms with van der Waals surface area (Å²) in [6.45, 7) is 2.09. The summed E-state index contributed by atoms with van der Waals surface area (Å²) < 4.78 is 38.0. The second-order valence-corrected chi connectivity index (χ2v) is 7.28. The average Bonchev–Trinajstić information content (AvgIpc) is 3.04. The Morgan fingerprint density at radius 2 is 1.90 bits per heavy atom. The number of fused-ring (bicyclic) bond motifs is 5. The molecule has 1 N–H and O–H groups in total. The Kier molecular flexibility index (Phi) is 3.42. The molecule has 114 valence electrons. The molecule has 2 aliphatic carbocycles. The Morgan fingerprint density at radius 1 is 1.30 bits per heavy atom. The maximum Gasteiger partial charge on any atom is 0.407 e. The standard InChI is InChI=1S/C12H19NO6S/c1-3-17-12(14)13-9-7-4-6(19-20(2,15)16)5-8(9)11-10(7)18-11/h6-11H,3-5H2,1-2H3,(H,13,14). The van der Waals surface area contributed by atoms with Crippen LogP contribution < -0.4 is 5.32 Å². The zero-order chi connectivity index (χ0) is 14.5. The van der Waals surface area contributed by atoms with Gasteiger partial charge in [0, 0.05) is 17.9 Å². The fraction of sp³-hybridized carbons (Fsp3) is 0.917. The van der Waals surface area contributed by atoms with Crippen molar-refractivity contribution in [2.45, 2.75) is 44.1 Å². The van der Waals surface area contributed by atoms with Crippen molar-refractivity contribution in [2.75, 3.05) is 12.9 Å². The van der Waals surface area contributed by atoms with E-state index in [1.165, 1.54) is 0 Å². The Balaban J connectivity index is 1.65. The molecular formula is C12H19NO6S. The lowest BCUT2D eigenvalue weighted by molar-refractivity contribution is 0.0415. The van der Waals surface area contributed by atoms with Crippen molar-refractivity contribution in [1.29, 1.82) is 0 Å². The summed E-state index contributed by atoms with van der Waals surface area (Å²) in [6.07, 6.45) is 1.76. The van der Waals surface area contributed by atoms with Gasteiger partial charge in [-0.3, -0.25) is 4.18 Å². The topological polar surface area (TPSA) is 94.2 Å². The minimum atomic E-state index is -3.45. The van der Waals surface area contributed by atoms with Crippen LogP contribution in [0.5, 0.6) is 0 Å². The first-order valence-corrected chi connectivity index (χ1v) is 8.67. The number of nitrogens with one attached hydrogen (secondary N) is 1. The van der Waals surface area contributed by atoms with E-state index in [1.807, 2.05) is 0 Å². The molecule has 0 radical (unpaired) electrons. The van der Waals surface area contributed by atoms with Crippen LogP contribution in [0.2, 0.25) is 0 Å². The smallest absolute Gasteiger partial charge is 0.407 e. The molecular weight excluding hydrogens is 286 g/mol. The zero-order valence-corrected chi connectivity index (χ0v) is 12.3. The second kappa shape index (κ2) is 4.85. The van der Waals surface area contributed by atoms with E-state index in [9.17, 15) is 13.2 Å². The maximum atomic E-state index is 11.6. The third-order valence-electron chi connectivity index (χ3n) is 4.27. The van der Waals surface area contributed by atoms with Gasteiger partial charge in [-0.25, -0.2) is 4.79 Å². The second-order valence-electron chi connectivity index (χ2n) is 5.68. The van der Waals surface area contributed by atoms with Gasteiger partial charge < -0.3 is 14.8 Å². The van der Waals surface area contributed by atoms with Gasteiger partial charge in [-0.15, -0.1) is 0 Å². The minimum absolute atomic E-state index is 0.00258. The lowest BCUT2D eigenvalue weighted by atomic mass is 9.81. The van der Waals surface area contributed by atoms with Crippen LogP contribution in [-0.2, 0) is 23.8 Å². The molecule has 1 saturated heterocycles. The number of amides is 1. The van der Waals surface area contributed by atoms with Gasteiger partial charge in [-0.05, 0) is 19.8 Å². The maximum absolute atomic E-state index is 11.6. The van der Waals surface area contributed by atoms with Crippen molar-refractivity contribution >= 4 is 16.2 Å². The molecule has 4 unspecified atom stereocenters. The molecule has 2 bridgehead atoms. The van der Waals surface area contributed by atoms with Crippen LogP contribution in [0, 0.1) is 11.8 Å². The van der Waals surface area contributed by atoms with Gasteiger partial charge in [0.15, 0.2) is 0 Å². The van der Waals surface area contributed by atoms with E-state index < -0.39 is 16.2 Å². The van der Waals surface area contributed by atoms with E-state index in [-0.39, 0.29) is 36.2 Å². The van der Waals surface area contributed by atoms with Gasteiger partial charge in [-0.1, -0.05) is 0 Å². The third-order valence-corrected chi connectivity index (χ3v) is 4.89. The summed E-state index contributed by atoms with van der Waals surface area (Å²) in [7, 11) is -3.45. The van der Waals surface area contributed by atoms with Crippen LogP contribution in [0.25, 0.3) is 0 Å². The molecule has 2 saturated carbocycles. The highest BCUT2D eigenvalue weighted by Gasteiger charge is 2.65. The van der Waals surface area contributed by atoms with Gasteiger partial charge in [0.05, 0.1) is 31.2 Å². The zero-order valence-electron chi connectivity index (χ0n) is 11.4. The number of ether oxygens (including phenoxy) is 2. The Labute approximate surface area is 118 Å². The highest BCUT2D eigenvalue weighted by atomic mass is 32.2. The van der Waals surface area contributed by atoms with Crippen molar-refractivity contribution in [3.05, 3.63) is 0 Å². The number of rotatable bonds is 4. The number of carbonyl (C=O) groups excluding carboxylic acids is 1. The molecule has 1 amide bonds. The molecule has 3 fully saturated rings. The Hall–Kier alpha value is -0.860. The molecule has 0 aromatic heterocycles. The lowest BCUT2D eigenvalue weighted by Crippen LogP contribution is -2.50. The van der Waals surface area contributed by atoms with Crippen molar-refractivity contribution in [3.63, 3.8) is 0 Å². The molecule has 20 heavy (non-hydrogen) atoms. The predicted molar refractivity (Wildman–Crippen MR) is 68.5 cm³/mol. The van der Waals surface area contributed by atoms with E-state index in [2.05, 4.69) is 5.32 Å². The third kappa shape index (κ3) is 2.64. The molecule has 3 aliphatic rings. The summed E-state index contributed by atoms with van der Waals surface area (Å²) in [5, 5.41) is 2.88. The van der Waals surface area contributed by atoms with Crippen molar-refractivity contribution in [3.8, 4) is 0 Å². The summed E-state index contributed by atoms with van der Waals surface area (Å²) in [5.74, 6) is 0.213. The first kappa shape index (κ1) is 14.1. The normalized spacial score (nSPS) is 41.9. The quantitative estimate of drug-likeness (QED) is 0.591. The molecule has 7 nitrogen and oxygen atoms in total. The van der Waals surface area contributed by atoms with Gasteiger partial charge in [0.1, 0.15) is 0 Å². The first-order chi connectivity index (χ1) is 9.39. The molecule has 4 atom stereocenters. The van der Waals surface area contributed by atoms with Crippen LogP contribution >= 0.6 is 0 Å². The van der Waals surface area contributed by atoms with Crippen LogP contribution in [0.1, 0.15) is 19.8 Å². The fourth-order valence-electron chi connectivity index (χ4n) is 3.66. The van der Waals surface area contributed by atoms with Gasteiger partial charge in [-0.2, -0.15) is 8.42 Å². The van der Waals surface area contributed by atoms with Gasteiger partial charge in [0.25, 0.3) is 10.1 Å². The Morgan fingerprint density at radius 3 is 2.40 bits per heavy atom. The SMILES string of the molecule is CCOC(=O)NC1C2CC(OS(C)(=O)=O)CC1C1OC21. The average molecular weight is 305 g/mol. The molecule has 0 aromatic carbocycles. The van der Waals surface area contributed by atoms with Crippen LogP contribution in [0.4, 0.5) is 4.79 Å². The van der Waals surface area contributed by atoms with Crippen LogP contribution in [-0.4, -0.2) is 51.7 Å². The fourth-order valence-corrected chi connectivity index (χ4v) is 4.32. The van der Waals surface area contributed by atoms with E-state index in [1.54, 1.807) is 6.92 Å². The van der Waals surface area contributed by atoms with Gasteiger partial charge >= 0.3 is 6.09 Å². The van der Waals surface area contributed by atoms with Crippen molar-refractivity contribution < 1.29 is 26.9 Å². The molecule has 1 aliphatic heterocycles.